The second kappa shape index (κ2) is 8.54. The lowest BCUT2D eigenvalue weighted by Gasteiger charge is -2.37. The third kappa shape index (κ3) is 4.85. The lowest BCUT2D eigenvalue weighted by Crippen LogP contribution is -2.57. The molecule has 0 radical (unpaired) electrons. The number of rotatable bonds is 3. The molecule has 2 saturated heterocycles. The topological polar surface area (TPSA) is 86.8 Å². The number of carbonyl (C=O) groups excluding carboxylic acids is 2. The SMILES string of the molecule is O=C1NC(C(F)(F)F)CCC1C(=O)N1CCN(S(=O)(=O)c2ccccc2C(F)(F)F)CC1. The fourth-order valence-corrected chi connectivity index (χ4v) is 5.36. The van der Waals surface area contributed by atoms with Crippen molar-refractivity contribution in [1.29, 1.82) is 0 Å². The molecule has 2 amide bonds. The highest BCUT2D eigenvalue weighted by atomic mass is 32.2. The molecule has 0 aliphatic carbocycles. The zero-order valence-corrected chi connectivity index (χ0v) is 17.2. The van der Waals surface area contributed by atoms with Crippen LogP contribution in [0.4, 0.5) is 26.3 Å². The van der Waals surface area contributed by atoms with Crippen LogP contribution in [0.5, 0.6) is 0 Å². The van der Waals surface area contributed by atoms with Gasteiger partial charge in [0.15, 0.2) is 0 Å². The zero-order valence-electron chi connectivity index (χ0n) is 16.4. The number of benzene rings is 1. The number of nitrogens with one attached hydrogen (secondary N) is 1. The number of hydrogen-bond acceptors (Lipinski definition) is 4. The highest BCUT2D eigenvalue weighted by Crippen LogP contribution is 2.35. The predicted molar refractivity (Wildman–Crippen MR) is 97.5 cm³/mol. The minimum Gasteiger partial charge on any atom is -0.344 e. The van der Waals surface area contributed by atoms with Crippen LogP contribution in [0.2, 0.25) is 0 Å². The molecule has 0 aromatic heterocycles. The minimum absolute atomic E-state index is 0.210. The van der Waals surface area contributed by atoms with Gasteiger partial charge in [0.1, 0.15) is 12.0 Å². The molecule has 2 unspecified atom stereocenters. The van der Waals surface area contributed by atoms with E-state index in [1.807, 2.05) is 0 Å². The normalized spacial score (nSPS) is 23.7. The van der Waals surface area contributed by atoms with E-state index in [2.05, 4.69) is 0 Å². The molecule has 0 saturated carbocycles. The molecular weight excluding hydrogens is 468 g/mol. The summed E-state index contributed by atoms with van der Waals surface area (Å²) in [6.07, 6.45) is -10.3. The summed E-state index contributed by atoms with van der Waals surface area (Å²) in [6, 6.07) is 1.70. The van der Waals surface area contributed by atoms with Crippen LogP contribution < -0.4 is 5.32 Å². The Labute approximate surface area is 179 Å². The van der Waals surface area contributed by atoms with Gasteiger partial charge in [0, 0.05) is 26.2 Å². The number of carbonyl (C=O) groups is 2. The number of sulfonamides is 1. The van der Waals surface area contributed by atoms with Crippen LogP contribution in [-0.4, -0.2) is 67.8 Å². The van der Waals surface area contributed by atoms with Crippen LogP contribution in [0.3, 0.4) is 0 Å². The van der Waals surface area contributed by atoms with E-state index in [9.17, 15) is 44.3 Å². The largest absolute Gasteiger partial charge is 0.417 e. The summed E-state index contributed by atoms with van der Waals surface area (Å²) in [6.45, 7) is -1.06. The van der Waals surface area contributed by atoms with Gasteiger partial charge in [0.05, 0.1) is 10.5 Å². The first kappa shape index (κ1) is 24.3. The average molecular weight is 487 g/mol. The van der Waals surface area contributed by atoms with Crippen molar-refractivity contribution in [2.75, 3.05) is 26.2 Å². The Kier molecular flexibility index (Phi) is 6.48. The smallest absolute Gasteiger partial charge is 0.344 e. The van der Waals surface area contributed by atoms with Gasteiger partial charge in [0.2, 0.25) is 21.8 Å². The molecule has 1 aromatic rings. The summed E-state index contributed by atoms with van der Waals surface area (Å²) < 4.78 is 104. The molecule has 32 heavy (non-hydrogen) atoms. The number of alkyl halides is 6. The third-order valence-corrected chi connectivity index (χ3v) is 7.39. The first-order valence-corrected chi connectivity index (χ1v) is 11.0. The highest BCUT2D eigenvalue weighted by Gasteiger charge is 2.47. The summed E-state index contributed by atoms with van der Waals surface area (Å²) >= 11 is 0. The van der Waals surface area contributed by atoms with Crippen molar-refractivity contribution in [2.24, 2.45) is 5.92 Å². The standard InChI is InChI=1S/C18H19F6N3O4S/c19-17(20,21)12-3-1-2-4-13(12)32(30,31)27-9-7-26(8-10-27)16(29)11-5-6-14(18(22,23)24)25-15(11)28/h1-4,11,14H,5-10H2,(H,25,28). The number of nitrogens with zero attached hydrogens (tertiary/aromatic N) is 2. The number of piperazine rings is 1. The second-order valence-corrected chi connectivity index (χ2v) is 9.36. The first-order valence-electron chi connectivity index (χ1n) is 9.55. The van der Waals surface area contributed by atoms with Gasteiger partial charge in [-0.15, -0.1) is 0 Å². The Bertz CT molecular complexity index is 987. The van der Waals surface area contributed by atoms with Gasteiger partial charge in [-0.05, 0) is 25.0 Å². The molecule has 0 bridgehead atoms. The molecule has 2 fully saturated rings. The van der Waals surface area contributed by atoms with Crippen LogP contribution in [0.1, 0.15) is 18.4 Å². The molecule has 0 spiro atoms. The maximum atomic E-state index is 13.2. The molecule has 2 atom stereocenters. The maximum absolute atomic E-state index is 13.2. The number of piperidine rings is 1. The van der Waals surface area contributed by atoms with Crippen LogP contribution in [-0.2, 0) is 25.8 Å². The number of hydrogen-bond donors (Lipinski definition) is 1. The molecule has 1 N–H and O–H groups in total. The first-order chi connectivity index (χ1) is 14.7. The van der Waals surface area contributed by atoms with Gasteiger partial charge < -0.3 is 10.2 Å². The monoisotopic (exact) mass is 487 g/mol. The van der Waals surface area contributed by atoms with Crippen molar-refractivity contribution < 1.29 is 44.3 Å². The van der Waals surface area contributed by atoms with E-state index in [-0.39, 0.29) is 32.6 Å². The van der Waals surface area contributed by atoms with E-state index >= 15 is 0 Å². The fraction of sp³-hybridized carbons (Fsp3) is 0.556. The van der Waals surface area contributed by atoms with Crippen LogP contribution in [0.25, 0.3) is 0 Å². The van der Waals surface area contributed by atoms with Crippen LogP contribution in [0, 0.1) is 5.92 Å². The van der Waals surface area contributed by atoms with E-state index < -0.39 is 63.0 Å². The number of amides is 2. The zero-order chi connectivity index (χ0) is 23.9. The lowest BCUT2D eigenvalue weighted by molar-refractivity contribution is -0.172. The Morgan fingerprint density at radius 1 is 0.969 bits per heavy atom. The molecule has 14 heteroatoms. The van der Waals surface area contributed by atoms with Gasteiger partial charge >= 0.3 is 12.4 Å². The van der Waals surface area contributed by atoms with Crippen LogP contribution >= 0.6 is 0 Å². The summed E-state index contributed by atoms with van der Waals surface area (Å²) in [7, 11) is -4.51. The van der Waals surface area contributed by atoms with E-state index in [1.54, 1.807) is 5.32 Å². The van der Waals surface area contributed by atoms with Gasteiger partial charge in [-0.1, -0.05) is 12.1 Å². The van der Waals surface area contributed by atoms with Crippen LogP contribution in [0.15, 0.2) is 29.2 Å². The molecule has 2 heterocycles. The Hall–Kier alpha value is -2.35. The highest BCUT2D eigenvalue weighted by molar-refractivity contribution is 7.89. The van der Waals surface area contributed by atoms with Crippen molar-refractivity contribution >= 4 is 21.8 Å². The average Bonchev–Trinajstić information content (AvgIpc) is 2.72. The van der Waals surface area contributed by atoms with Crippen molar-refractivity contribution in [2.45, 2.75) is 36.1 Å². The van der Waals surface area contributed by atoms with Gasteiger partial charge in [-0.25, -0.2) is 8.42 Å². The van der Waals surface area contributed by atoms with E-state index in [1.165, 1.54) is 0 Å². The summed E-state index contributed by atoms with van der Waals surface area (Å²) in [5.74, 6) is -3.13. The van der Waals surface area contributed by atoms with Crippen molar-refractivity contribution in [3.8, 4) is 0 Å². The molecule has 2 aliphatic rings. The predicted octanol–water partition coefficient (Wildman–Crippen LogP) is 2.00. The molecule has 2 aliphatic heterocycles. The quantitative estimate of drug-likeness (QED) is 0.522. The Morgan fingerprint density at radius 3 is 2.09 bits per heavy atom. The van der Waals surface area contributed by atoms with Crippen molar-refractivity contribution in [3.63, 3.8) is 0 Å². The maximum Gasteiger partial charge on any atom is 0.417 e. The van der Waals surface area contributed by atoms with E-state index in [0.29, 0.717) is 6.07 Å². The van der Waals surface area contributed by atoms with Crippen molar-refractivity contribution in [3.05, 3.63) is 29.8 Å². The third-order valence-electron chi connectivity index (χ3n) is 5.43. The van der Waals surface area contributed by atoms with Crippen molar-refractivity contribution in [1.82, 2.24) is 14.5 Å². The van der Waals surface area contributed by atoms with Gasteiger partial charge in [-0.2, -0.15) is 30.6 Å². The molecule has 1 aromatic carbocycles. The second-order valence-electron chi connectivity index (χ2n) is 7.46. The lowest BCUT2D eigenvalue weighted by atomic mass is 9.92. The minimum atomic E-state index is -4.88. The Morgan fingerprint density at radius 2 is 1.56 bits per heavy atom. The molecule has 7 nitrogen and oxygen atoms in total. The number of halogens is 6. The van der Waals surface area contributed by atoms with E-state index in [0.717, 1.165) is 27.4 Å². The molecule has 178 valence electrons. The fourth-order valence-electron chi connectivity index (χ4n) is 3.72. The summed E-state index contributed by atoms with van der Waals surface area (Å²) in [5, 5.41) is 1.78. The van der Waals surface area contributed by atoms with Gasteiger partial charge in [-0.3, -0.25) is 9.59 Å². The molecule has 3 rings (SSSR count). The Balaban J connectivity index is 1.67. The van der Waals surface area contributed by atoms with E-state index in [4.69, 9.17) is 0 Å². The summed E-state index contributed by atoms with van der Waals surface area (Å²) in [5.41, 5.74) is -1.31. The summed E-state index contributed by atoms with van der Waals surface area (Å²) in [4.78, 5) is 24.8. The molecular formula is C18H19F6N3O4S. The van der Waals surface area contributed by atoms with Gasteiger partial charge in [0.25, 0.3) is 0 Å².